The zero-order valence-electron chi connectivity index (χ0n) is 16.4. The Morgan fingerprint density at radius 2 is 2.04 bits per heavy atom. The van der Waals surface area contributed by atoms with Crippen molar-refractivity contribution in [1.82, 2.24) is 24.6 Å². The first kappa shape index (κ1) is 17.8. The molecule has 7 heteroatoms. The fraction of sp³-hybridized carbons (Fsp3) is 0.476. The van der Waals surface area contributed by atoms with Crippen molar-refractivity contribution < 1.29 is 4.79 Å². The number of hydrogen-bond donors (Lipinski definition) is 0. The standard InChI is InChI=1S/C21H25N5OS/c1-14-19-17(11-18(16-3-4-16)22-20(19)24(2)23-14)21(27)26-8-6-25(7-9-26)12-15-5-10-28-13-15/h5,10-11,13,16H,3-4,6-9,12H2,1-2H3. The van der Waals surface area contributed by atoms with Crippen molar-refractivity contribution in [2.45, 2.75) is 32.2 Å². The molecule has 1 amide bonds. The van der Waals surface area contributed by atoms with Crippen LogP contribution in [-0.2, 0) is 13.6 Å². The van der Waals surface area contributed by atoms with Crippen molar-refractivity contribution in [3.05, 3.63) is 45.4 Å². The van der Waals surface area contributed by atoms with E-state index in [1.165, 1.54) is 18.4 Å². The van der Waals surface area contributed by atoms with Gasteiger partial charge >= 0.3 is 0 Å². The molecule has 3 aromatic rings. The molecule has 0 aromatic carbocycles. The largest absolute Gasteiger partial charge is 0.336 e. The smallest absolute Gasteiger partial charge is 0.254 e. The average Bonchev–Trinajstić information content (AvgIpc) is 3.36. The van der Waals surface area contributed by atoms with Crippen LogP contribution in [0.25, 0.3) is 11.0 Å². The number of piperazine rings is 1. The highest BCUT2D eigenvalue weighted by Crippen LogP contribution is 2.40. The number of nitrogens with zero attached hydrogens (tertiary/aromatic N) is 5. The van der Waals surface area contributed by atoms with Gasteiger partial charge in [0.25, 0.3) is 5.91 Å². The summed E-state index contributed by atoms with van der Waals surface area (Å²) in [4.78, 5) is 22.7. The second-order valence-electron chi connectivity index (χ2n) is 7.98. The van der Waals surface area contributed by atoms with Crippen LogP contribution in [0.5, 0.6) is 0 Å². The zero-order chi connectivity index (χ0) is 19.3. The molecule has 0 unspecified atom stereocenters. The predicted octanol–water partition coefficient (Wildman–Crippen LogP) is 3.17. The third kappa shape index (κ3) is 3.22. The molecule has 6 nitrogen and oxygen atoms in total. The monoisotopic (exact) mass is 395 g/mol. The Labute approximate surface area is 168 Å². The van der Waals surface area contributed by atoms with Crippen molar-refractivity contribution in [1.29, 1.82) is 0 Å². The minimum Gasteiger partial charge on any atom is -0.336 e. The van der Waals surface area contributed by atoms with Crippen LogP contribution in [-0.4, -0.2) is 56.7 Å². The maximum atomic E-state index is 13.4. The SMILES string of the molecule is Cc1nn(C)c2nc(C3CC3)cc(C(=O)N3CCN(Cc4ccsc4)CC3)c12. The summed E-state index contributed by atoms with van der Waals surface area (Å²) < 4.78 is 1.81. The third-order valence-electron chi connectivity index (χ3n) is 5.86. The van der Waals surface area contributed by atoms with E-state index in [1.54, 1.807) is 11.3 Å². The number of thiophene rings is 1. The van der Waals surface area contributed by atoms with Gasteiger partial charge in [0.05, 0.1) is 16.6 Å². The third-order valence-corrected chi connectivity index (χ3v) is 6.59. The molecule has 146 valence electrons. The lowest BCUT2D eigenvalue weighted by Crippen LogP contribution is -2.48. The number of hydrogen-bond acceptors (Lipinski definition) is 5. The molecule has 1 aliphatic carbocycles. The highest BCUT2D eigenvalue weighted by molar-refractivity contribution is 7.07. The highest BCUT2D eigenvalue weighted by Gasteiger charge is 2.30. The van der Waals surface area contributed by atoms with E-state index in [4.69, 9.17) is 4.98 Å². The Hall–Kier alpha value is -2.25. The number of aryl methyl sites for hydroxylation is 2. The van der Waals surface area contributed by atoms with Crippen LogP contribution in [0.15, 0.2) is 22.9 Å². The molecule has 2 aliphatic rings. The number of amides is 1. The highest BCUT2D eigenvalue weighted by atomic mass is 32.1. The first-order valence-corrected chi connectivity index (χ1v) is 10.9. The van der Waals surface area contributed by atoms with E-state index < -0.39 is 0 Å². The van der Waals surface area contributed by atoms with E-state index in [0.717, 1.165) is 60.7 Å². The molecule has 0 bridgehead atoms. The first-order valence-electron chi connectivity index (χ1n) is 9.97. The number of carbonyl (C=O) groups excluding carboxylic acids is 1. The summed E-state index contributed by atoms with van der Waals surface area (Å²) >= 11 is 1.74. The molecule has 0 spiro atoms. The summed E-state index contributed by atoms with van der Waals surface area (Å²) in [7, 11) is 1.91. The van der Waals surface area contributed by atoms with Crippen LogP contribution in [0.2, 0.25) is 0 Å². The lowest BCUT2D eigenvalue weighted by molar-refractivity contribution is 0.0630. The van der Waals surface area contributed by atoms with Crippen molar-refractivity contribution >= 4 is 28.3 Å². The molecule has 5 rings (SSSR count). The summed E-state index contributed by atoms with van der Waals surface area (Å²) in [5.74, 6) is 0.634. The average molecular weight is 396 g/mol. The van der Waals surface area contributed by atoms with E-state index in [9.17, 15) is 4.79 Å². The van der Waals surface area contributed by atoms with E-state index in [1.807, 2.05) is 29.6 Å². The van der Waals surface area contributed by atoms with Crippen LogP contribution in [0.4, 0.5) is 0 Å². The second kappa shape index (κ2) is 6.97. The fourth-order valence-electron chi connectivity index (χ4n) is 4.14. The Morgan fingerprint density at radius 1 is 1.25 bits per heavy atom. The lowest BCUT2D eigenvalue weighted by atomic mass is 10.1. The van der Waals surface area contributed by atoms with Gasteiger partial charge in [0.2, 0.25) is 0 Å². The van der Waals surface area contributed by atoms with Crippen LogP contribution in [0.1, 0.15) is 46.1 Å². The van der Waals surface area contributed by atoms with Crippen molar-refractivity contribution in [3.63, 3.8) is 0 Å². The van der Waals surface area contributed by atoms with E-state index >= 15 is 0 Å². The number of carbonyl (C=O) groups is 1. The summed E-state index contributed by atoms with van der Waals surface area (Å²) in [5, 5.41) is 9.77. The molecular formula is C21H25N5OS. The lowest BCUT2D eigenvalue weighted by Gasteiger charge is -2.34. The number of rotatable bonds is 4. The number of pyridine rings is 1. The molecule has 3 aromatic heterocycles. The van der Waals surface area contributed by atoms with E-state index in [-0.39, 0.29) is 5.91 Å². The Morgan fingerprint density at radius 3 is 2.71 bits per heavy atom. The molecule has 1 saturated heterocycles. The van der Waals surface area contributed by atoms with Gasteiger partial charge in [0.15, 0.2) is 5.65 Å². The maximum absolute atomic E-state index is 13.4. The quantitative estimate of drug-likeness (QED) is 0.681. The Kier molecular flexibility index (Phi) is 4.44. The number of aromatic nitrogens is 3. The Balaban J connectivity index is 1.39. The molecule has 0 radical (unpaired) electrons. The van der Waals surface area contributed by atoms with Crippen molar-refractivity contribution in [2.75, 3.05) is 26.2 Å². The molecular weight excluding hydrogens is 370 g/mol. The molecule has 0 atom stereocenters. The normalized spacial score (nSPS) is 18.1. The second-order valence-corrected chi connectivity index (χ2v) is 8.76. The maximum Gasteiger partial charge on any atom is 0.254 e. The summed E-state index contributed by atoms with van der Waals surface area (Å²) in [5.41, 5.74) is 4.91. The van der Waals surface area contributed by atoms with Crippen molar-refractivity contribution in [2.24, 2.45) is 7.05 Å². The van der Waals surface area contributed by atoms with Gasteiger partial charge in [-0.25, -0.2) is 4.98 Å². The van der Waals surface area contributed by atoms with Gasteiger partial charge in [-0.15, -0.1) is 0 Å². The first-order chi connectivity index (χ1) is 13.6. The van der Waals surface area contributed by atoms with Gasteiger partial charge in [0, 0.05) is 51.4 Å². The summed E-state index contributed by atoms with van der Waals surface area (Å²) in [6.45, 7) is 6.30. The van der Waals surface area contributed by atoms with E-state index in [2.05, 4.69) is 26.8 Å². The molecule has 1 aliphatic heterocycles. The van der Waals surface area contributed by atoms with Gasteiger partial charge in [-0.2, -0.15) is 16.4 Å². The predicted molar refractivity (Wildman–Crippen MR) is 111 cm³/mol. The topological polar surface area (TPSA) is 54.3 Å². The van der Waals surface area contributed by atoms with Crippen LogP contribution in [0, 0.1) is 6.92 Å². The molecule has 2 fully saturated rings. The molecule has 28 heavy (non-hydrogen) atoms. The Bertz CT molecular complexity index is 1010. The van der Waals surface area contributed by atoms with Crippen LogP contribution in [0.3, 0.4) is 0 Å². The van der Waals surface area contributed by atoms with Crippen molar-refractivity contribution in [3.8, 4) is 0 Å². The van der Waals surface area contributed by atoms with E-state index in [0.29, 0.717) is 5.92 Å². The van der Waals surface area contributed by atoms with Gasteiger partial charge in [-0.3, -0.25) is 14.4 Å². The van der Waals surface area contributed by atoms with Crippen LogP contribution < -0.4 is 0 Å². The van der Waals surface area contributed by atoms with Gasteiger partial charge in [-0.1, -0.05) is 0 Å². The number of fused-ring (bicyclic) bond motifs is 1. The molecule has 1 saturated carbocycles. The minimum atomic E-state index is 0.126. The van der Waals surface area contributed by atoms with Crippen LogP contribution >= 0.6 is 11.3 Å². The zero-order valence-corrected chi connectivity index (χ0v) is 17.2. The fourth-order valence-corrected chi connectivity index (χ4v) is 4.80. The molecule has 0 N–H and O–H groups in total. The van der Waals surface area contributed by atoms with Gasteiger partial charge in [0.1, 0.15) is 0 Å². The minimum absolute atomic E-state index is 0.126. The molecule has 4 heterocycles. The summed E-state index contributed by atoms with van der Waals surface area (Å²) in [6.07, 6.45) is 2.34. The summed E-state index contributed by atoms with van der Waals surface area (Å²) in [6, 6.07) is 4.22. The van der Waals surface area contributed by atoms with Gasteiger partial charge < -0.3 is 4.90 Å². The van der Waals surface area contributed by atoms with Gasteiger partial charge in [-0.05, 0) is 48.2 Å².